The number of carbonyl (C=O) groups excluding carboxylic acids is 1. The molecule has 0 atom stereocenters. The summed E-state index contributed by atoms with van der Waals surface area (Å²) in [6.07, 6.45) is 3.28. The normalized spacial score (nSPS) is 10.9. The summed E-state index contributed by atoms with van der Waals surface area (Å²) in [5, 5.41) is 0.275. The highest BCUT2D eigenvalue weighted by molar-refractivity contribution is 7.22. The van der Waals surface area contributed by atoms with Gasteiger partial charge in [-0.2, -0.15) is 0 Å². The van der Waals surface area contributed by atoms with E-state index < -0.39 is 11.6 Å². The Kier molecular flexibility index (Phi) is 5.67. The number of fused-ring (bicyclic) bond motifs is 1. The van der Waals surface area contributed by atoms with Gasteiger partial charge >= 0.3 is 0 Å². The molecule has 0 aliphatic carbocycles. The zero-order chi connectivity index (χ0) is 21.1. The van der Waals surface area contributed by atoms with E-state index in [0.717, 1.165) is 23.0 Å². The highest BCUT2D eigenvalue weighted by Gasteiger charge is 2.23. The van der Waals surface area contributed by atoms with Crippen LogP contribution in [0, 0.1) is 11.6 Å². The predicted octanol–water partition coefficient (Wildman–Crippen LogP) is 5.22. The fourth-order valence-electron chi connectivity index (χ4n) is 2.98. The first-order valence-electron chi connectivity index (χ1n) is 9.24. The molecule has 2 aromatic heterocycles. The highest BCUT2D eigenvalue weighted by Crippen LogP contribution is 2.33. The van der Waals surface area contributed by atoms with Crippen molar-refractivity contribution in [3.05, 3.63) is 83.7 Å². The first-order valence-corrected chi connectivity index (χ1v) is 10.1. The van der Waals surface area contributed by atoms with Gasteiger partial charge in [-0.1, -0.05) is 17.4 Å². The van der Waals surface area contributed by atoms with Crippen molar-refractivity contribution in [2.75, 3.05) is 11.5 Å². The fraction of sp³-hybridized carbons (Fsp3) is 0.136. The van der Waals surface area contributed by atoms with E-state index in [1.54, 1.807) is 42.7 Å². The molecule has 8 heteroatoms. The lowest BCUT2D eigenvalue weighted by Crippen LogP contribution is -2.30. The van der Waals surface area contributed by atoms with Crippen LogP contribution in [0.25, 0.3) is 10.2 Å². The maximum absolute atomic E-state index is 14.2. The van der Waals surface area contributed by atoms with E-state index in [4.69, 9.17) is 4.74 Å². The molecule has 2 heterocycles. The topological polar surface area (TPSA) is 55.3 Å². The number of thiazole rings is 1. The number of halogens is 2. The van der Waals surface area contributed by atoms with Gasteiger partial charge in [0.05, 0.1) is 17.9 Å². The summed E-state index contributed by atoms with van der Waals surface area (Å²) in [5.41, 5.74) is 1.24. The van der Waals surface area contributed by atoms with E-state index in [9.17, 15) is 13.6 Å². The number of hydrogen-bond donors (Lipinski definition) is 0. The summed E-state index contributed by atoms with van der Waals surface area (Å²) >= 11 is 1.06. The summed E-state index contributed by atoms with van der Waals surface area (Å²) in [6.45, 7) is 2.59. The molecular weight excluding hydrogens is 408 g/mol. The number of hydrogen-bond acceptors (Lipinski definition) is 5. The third kappa shape index (κ3) is 4.13. The Labute approximate surface area is 175 Å². The van der Waals surface area contributed by atoms with Crippen molar-refractivity contribution in [3.63, 3.8) is 0 Å². The van der Waals surface area contributed by atoms with E-state index in [0.29, 0.717) is 22.6 Å². The van der Waals surface area contributed by atoms with Crippen molar-refractivity contribution in [2.24, 2.45) is 0 Å². The third-order valence-corrected chi connectivity index (χ3v) is 5.38. The average Bonchev–Trinajstić information content (AvgIpc) is 3.17. The van der Waals surface area contributed by atoms with Crippen LogP contribution < -0.4 is 9.64 Å². The maximum atomic E-state index is 14.2. The number of anilines is 1. The van der Waals surface area contributed by atoms with Crippen molar-refractivity contribution in [1.82, 2.24) is 9.97 Å². The summed E-state index contributed by atoms with van der Waals surface area (Å²) in [7, 11) is 0. The second-order valence-electron chi connectivity index (χ2n) is 6.44. The van der Waals surface area contributed by atoms with Gasteiger partial charge in [0.15, 0.2) is 10.9 Å². The Morgan fingerprint density at radius 3 is 2.67 bits per heavy atom. The second kappa shape index (κ2) is 8.54. The largest absolute Gasteiger partial charge is 0.494 e. The van der Waals surface area contributed by atoms with Crippen LogP contribution >= 0.6 is 11.3 Å². The van der Waals surface area contributed by atoms with Crippen molar-refractivity contribution < 1.29 is 18.3 Å². The summed E-state index contributed by atoms with van der Waals surface area (Å²) in [6, 6.07) is 12.4. The monoisotopic (exact) mass is 425 g/mol. The van der Waals surface area contributed by atoms with Crippen LogP contribution in [0.15, 0.2) is 60.9 Å². The molecule has 0 saturated carbocycles. The molecule has 4 aromatic rings. The number of amides is 1. The number of carbonyl (C=O) groups is 1. The highest BCUT2D eigenvalue weighted by atomic mass is 32.1. The quantitative estimate of drug-likeness (QED) is 0.425. The molecule has 4 rings (SSSR count). The van der Waals surface area contributed by atoms with Crippen LogP contribution in [-0.4, -0.2) is 22.5 Å². The van der Waals surface area contributed by atoms with Crippen LogP contribution in [-0.2, 0) is 6.54 Å². The van der Waals surface area contributed by atoms with E-state index in [2.05, 4.69) is 9.97 Å². The van der Waals surface area contributed by atoms with Gasteiger partial charge < -0.3 is 4.74 Å². The van der Waals surface area contributed by atoms with Crippen LogP contribution in [0.2, 0.25) is 0 Å². The smallest absolute Gasteiger partial charge is 0.260 e. The van der Waals surface area contributed by atoms with Gasteiger partial charge in [0, 0.05) is 24.0 Å². The van der Waals surface area contributed by atoms with Crippen molar-refractivity contribution in [3.8, 4) is 5.75 Å². The lowest BCUT2D eigenvalue weighted by Gasteiger charge is -2.20. The van der Waals surface area contributed by atoms with Gasteiger partial charge in [-0.15, -0.1) is 0 Å². The molecule has 0 aliphatic rings. The number of benzene rings is 2. The Morgan fingerprint density at radius 1 is 1.17 bits per heavy atom. The SMILES string of the molecule is CCOc1ccc(C(=O)N(Cc2cccnc2)c2nc3c(F)cc(F)cc3s2)cc1. The zero-order valence-corrected chi connectivity index (χ0v) is 16.8. The molecular formula is C22H17F2N3O2S. The van der Waals surface area contributed by atoms with Crippen molar-refractivity contribution >= 4 is 32.6 Å². The minimum Gasteiger partial charge on any atom is -0.494 e. The Balaban J connectivity index is 1.74. The Morgan fingerprint density at radius 2 is 1.97 bits per heavy atom. The third-order valence-electron chi connectivity index (χ3n) is 4.35. The van der Waals surface area contributed by atoms with Gasteiger partial charge in [0.1, 0.15) is 17.1 Å². The summed E-state index contributed by atoms with van der Waals surface area (Å²) in [5.74, 6) is -1.11. The molecule has 0 saturated heterocycles. The minimum atomic E-state index is -0.762. The first kappa shape index (κ1) is 19.9. The number of aromatic nitrogens is 2. The van der Waals surface area contributed by atoms with Crippen molar-refractivity contribution in [1.29, 1.82) is 0 Å². The van der Waals surface area contributed by atoms with E-state index in [1.807, 2.05) is 13.0 Å². The van der Waals surface area contributed by atoms with E-state index in [-0.39, 0.29) is 23.1 Å². The Hall–Kier alpha value is -3.39. The lowest BCUT2D eigenvalue weighted by molar-refractivity contribution is 0.0985. The Bertz CT molecular complexity index is 1180. The molecule has 152 valence electrons. The molecule has 2 aromatic carbocycles. The molecule has 5 nitrogen and oxygen atoms in total. The van der Waals surface area contributed by atoms with E-state index in [1.165, 1.54) is 11.0 Å². The van der Waals surface area contributed by atoms with Gasteiger partial charge in [-0.3, -0.25) is 14.7 Å². The standard InChI is InChI=1S/C22H17F2N3O2S/c1-2-29-17-7-5-15(6-8-17)21(28)27(13-14-4-3-9-25-12-14)22-26-20-18(24)10-16(23)11-19(20)30-22/h3-12H,2,13H2,1H3. The minimum absolute atomic E-state index is 0.0343. The zero-order valence-electron chi connectivity index (χ0n) is 16.0. The van der Waals surface area contributed by atoms with Gasteiger partial charge in [-0.25, -0.2) is 13.8 Å². The molecule has 0 N–H and O–H groups in total. The molecule has 0 spiro atoms. The number of ether oxygens (including phenoxy) is 1. The molecule has 0 radical (unpaired) electrons. The average molecular weight is 425 g/mol. The second-order valence-corrected chi connectivity index (χ2v) is 7.45. The fourth-order valence-corrected chi connectivity index (χ4v) is 3.98. The summed E-state index contributed by atoms with van der Waals surface area (Å²) in [4.78, 5) is 23.1. The molecule has 0 aliphatic heterocycles. The molecule has 0 bridgehead atoms. The molecule has 0 unspecified atom stereocenters. The number of pyridine rings is 1. The van der Waals surface area contributed by atoms with Crippen LogP contribution in [0.4, 0.5) is 13.9 Å². The molecule has 30 heavy (non-hydrogen) atoms. The first-order chi connectivity index (χ1) is 14.5. The maximum Gasteiger partial charge on any atom is 0.260 e. The van der Waals surface area contributed by atoms with Crippen LogP contribution in [0.5, 0.6) is 5.75 Å². The molecule has 0 fully saturated rings. The molecule has 1 amide bonds. The van der Waals surface area contributed by atoms with Gasteiger partial charge in [0.25, 0.3) is 5.91 Å². The van der Waals surface area contributed by atoms with Crippen LogP contribution in [0.3, 0.4) is 0 Å². The summed E-state index contributed by atoms with van der Waals surface area (Å²) < 4.78 is 33.5. The van der Waals surface area contributed by atoms with Gasteiger partial charge in [0.2, 0.25) is 0 Å². The van der Waals surface area contributed by atoms with Gasteiger partial charge in [-0.05, 0) is 48.9 Å². The van der Waals surface area contributed by atoms with Crippen molar-refractivity contribution in [2.45, 2.75) is 13.5 Å². The number of rotatable bonds is 6. The number of nitrogens with zero attached hydrogens (tertiary/aromatic N) is 3. The van der Waals surface area contributed by atoms with Crippen LogP contribution in [0.1, 0.15) is 22.8 Å². The lowest BCUT2D eigenvalue weighted by atomic mass is 10.2. The van der Waals surface area contributed by atoms with E-state index >= 15 is 0 Å². The predicted molar refractivity (Wildman–Crippen MR) is 112 cm³/mol.